The van der Waals surface area contributed by atoms with Crippen LogP contribution in [0, 0.1) is 0 Å². The van der Waals surface area contributed by atoms with Crippen molar-refractivity contribution in [1.82, 2.24) is 0 Å². The van der Waals surface area contributed by atoms with Gasteiger partial charge in [-0.3, -0.25) is 9.59 Å². The molecule has 0 aliphatic rings. The summed E-state index contributed by atoms with van der Waals surface area (Å²) in [7, 11) is 0. The maximum Gasteiger partial charge on any atom is 0.303 e. The van der Waals surface area contributed by atoms with Gasteiger partial charge in [-0.15, -0.1) is 0 Å². The summed E-state index contributed by atoms with van der Waals surface area (Å²) in [5.74, 6) is -1.38. The highest BCUT2D eigenvalue weighted by Gasteiger charge is 2.02. The zero-order valence-corrected chi connectivity index (χ0v) is 27.5. The Morgan fingerprint density at radius 3 is 1.17 bits per heavy atom. The molecule has 0 spiro atoms. The highest BCUT2D eigenvalue weighted by Crippen LogP contribution is 2.12. The summed E-state index contributed by atoms with van der Waals surface area (Å²) in [5.41, 5.74) is 0. The average Bonchev–Trinajstić information content (AvgIpc) is 2.95. The summed E-state index contributed by atoms with van der Waals surface area (Å²) in [6, 6.07) is 0. The average molecular weight is 597 g/mol. The van der Waals surface area contributed by atoms with E-state index in [4.69, 9.17) is 10.2 Å². The van der Waals surface area contributed by atoms with Gasteiger partial charge in [-0.05, 0) is 64.2 Å². The van der Waals surface area contributed by atoms with Crippen LogP contribution in [0.15, 0.2) is 24.3 Å². The largest absolute Gasteiger partial charge is 0.481 e. The third-order valence-electron chi connectivity index (χ3n) is 7.45. The predicted molar refractivity (Wildman–Crippen MR) is 177 cm³/mol. The molecule has 0 heterocycles. The van der Waals surface area contributed by atoms with Gasteiger partial charge in [-0.1, -0.05) is 128 Å². The highest BCUT2D eigenvalue weighted by molar-refractivity contribution is 5.66. The molecule has 0 saturated carbocycles. The fraction of sp³-hybridized carbons (Fsp3) is 0.833. The first-order valence-electron chi connectivity index (χ1n) is 17.4. The van der Waals surface area contributed by atoms with Gasteiger partial charge in [-0.25, -0.2) is 0 Å². The van der Waals surface area contributed by atoms with Crippen LogP contribution in [0.5, 0.6) is 0 Å². The maximum atomic E-state index is 10.3. The molecule has 4 N–H and O–H groups in total. The van der Waals surface area contributed by atoms with E-state index in [1.54, 1.807) is 0 Å². The van der Waals surface area contributed by atoms with Gasteiger partial charge >= 0.3 is 11.9 Å². The summed E-state index contributed by atoms with van der Waals surface area (Å²) >= 11 is 0. The Morgan fingerprint density at radius 2 is 0.810 bits per heavy atom. The van der Waals surface area contributed by atoms with E-state index in [2.05, 4.69) is 38.2 Å². The van der Waals surface area contributed by atoms with Gasteiger partial charge in [0.15, 0.2) is 0 Å². The van der Waals surface area contributed by atoms with Crippen LogP contribution < -0.4 is 0 Å². The Balaban J connectivity index is 0. The third-order valence-corrected chi connectivity index (χ3v) is 7.45. The first-order chi connectivity index (χ1) is 20.3. The van der Waals surface area contributed by atoms with E-state index in [0.717, 1.165) is 103 Å². The highest BCUT2D eigenvalue weighted by atomic mass is 16.4. The molecule has 0 amide bonds. The van der Waals surface area contributed by atoms with Crippen LogP contribution in [0.1, 0.15) is 181 Å². The molecule has 0 fully saturated rings. The molecule has 0 aliphatic heterocycles. The number of rotatable bonds is 30. The molecule has 6 nitrogen and oxygen atoms in total. The van der Waals surface area contributed by atoms with Gasteiger partial charge in [0.2, 0.25) is 0 Å². The number of unbranched alkanes of at least 4 members (excludes halogenated alkanes) is 16. The number of carboxylic acid groups (broad SMARTS) is 2. The third kappa shape index (κ3) is 40.5. The van der Waals surface area contributed by atoms with Crippen molar-refractivity contribution in [2.24, 2.45) is 0 Å². The number of hydrogen-bond acceptors (Lipinski definition) is 4. The van der Waals surface area contributed by atoms with Gasteiger partial charge in [0.05, 0.1) is 12.2 Å². The Labute approximate surface area is 259 Å². The Morgan fingerprint density at radius 1 is 0.476 bits per heavy atom. The van der Waals surface area contributed by atoms with Crippen LogP contribution in [-0.4, -0.2) is 44.6 Å². The minimum Gasteiger partial charge on any atom is -0.481 e. The SMILES string of the molecule is CCCCCCC(O)CC=CCCCCCCCC(=O)O.CCCCCC[C@@H](O)C/C=C\CCCCCCCC(=O)O. The first kappa shape index (κ1) is 42.5. The molecule has 6 heteroatoms. The second-order valence-corrected chi connectivity index (χ2v) is 11.8. The summed E-state index contributed by atoms with van der Waals surface area (Å²) in [5, 5.41) is 36.6. The van der Waals surface area contributed by atoms with Crippen LogP contribution in [0.2, 0.25) is 0 Å². The molecule has 0 aromatic heterocycles. The minimum absolute atomic E-state index is 0.172. The van der Waals surface area contributed by atoms with Crippen molar-refractivity contribution >= 4 is 11.9 Å². The molecule has 0 aromatic rings. The van der Waals surface area contributed by atoms with E-state index < -0.39 is 11.9 Å². The quantitative estimate of drug-likeness (QED) is 0.0484. The van der Waals surface area contributed by atoms with Crippen molar-refractivity contribution in [2.75, 3.05) is 0 Å². The Kier molecular flexibility index (Phi) is 35.9. The minimum atomic E-state index is -0.689. The van der Waals surface area contributed by atoms with Crippen LogP contribution in [0.4, 0.5) is 0 Å². The molecular formula is C36H68O6. The Hall–Kier alpha value is -1.66. The second kappa shape index (κ2) is 35.5. The predicted octanol–water partition coefficient (Wildman–Crippen LogP) is 10.2. The lowest BCUT2D eigenvalue weighted by Gasteiger charge is -2.07. The van der Waals surface area contributed by atoms with Crippen molar-refractivity contribution in [3.05, 3.63) is 24.3 Å². The maximum absolute atomic E-state index is 10.3. The molecule has 0 bridgehead atoms. The lowest BCUT2D eigenvalue weighted by atomic mass is 10.1. The number of carbonyl (C=O) groups is 2. The van der Waals surface area contributed by atoms with Crippen LogP contribution in [0.3, 0.4) is 0 Å². The van der Waals surface area contributed by atoms with E-state index in [-0.39, 0.29) is 12.2 Å². The fourth-order valence-corrected chi connectivity index (χ4v) is 4.73. The number of aliphatic hydroxyl groups is 2. The number of hydrogen-bond donors (Lipinski definition) is 4. The van der Waals surface area contributed by atoms with Crippen molar-refractivity contribution in [3.63, 3.8) is 0 Å². The smallest absolute Gasteiger partial charge is 0.303 e. The van der Waals surface area contributed by atoms with Gasteiger partial charge in [0.1, 0.15) is 0 Å². The number of allylic oxidation sites excluding steroid dienone is 2. The molecule has 248 valence electrons. The molecule has 0 aliphatic carbocycles. The van der Waals surface area contributed by atoms with Crippen LogP contribution in [0.25, 0.3) is 0 Å². The standard InChI is InChI=1S/2C18H34O3/c2*1-2-3-4-11-14-17(19)15-12-9-7-5-6-8-10-13-16-18(20)21/h2*9,12,17,19H,2-8,10-11,13-16H2,1H3,(H,20,21)/b12-9-;/t17-;/m1./s1. The second-order valence-electron chi connectivity index (χ2n) is 11.8. The molecule has 42 heavy (non-hydrogen) atoms. The van der Waals surface area contributed by atoms with E-state index >= 15 is 0 Å². The van der Waals surface area contributed by atoms with Crippen molar-refractivity contribution in [3.8, 4) is 0 Å². The summed E-state index contributed by atoms with van der Waals surface area (Å²) in [6.45, 7) is 4.40. The number of carboxylic acids is 2. The van der Waals surface area contributed by atoms with Gasteiger partial charge in [0.25, 0.3) is 0 Å². The molecule has 0 radical (unpaired) electrons. The molecule has 0 aromatic carbocycles. The number of aliphatic carboxylic acids is 2. The monoisotopic (exact) mass is 597 g/mol. The van der Waals surface area contributed by atoms with Crippen molar-refractivity contribution in [2.45, 2.75) is 193 Å². The van der Waals surface area contributed by atoms with E-state index in [9.17, 15) is 19.8 Å². The van der Waals surface area contributed by atoms with Gasteiger partial charge in [0, 0.05) is 12.8 Å². The molecule has 2 atom stereocenters. The summed E-state index contributed by atoms with van der Waals surface area (Å²) in [6.07, 6.45) is 34.7. The first-order valence-corrected chi connectivity index (χ1v) is 17.4. The van der Waals surface area contributed by atoms with Crippen molar-refractivity contribution in [1.29, 1.82) is 0 Å². The number of aliphatic hydroxyl groups excluding tert-OH is 2. The van der Waals surface area contributed by atoms with Crippen LogP contribution >= 0.6 is 0 Å². The molecule has 1 unspecified atom stereocenters. The lowest BCUT2D eigenvalue weighted by molar-refractivity contribution is -0.138. The summed E-state index contributed by atoms with van der Waals surface area (Å²) in [4.78, 5) is 20.7. The van der Waals surface area contributed by atoms with E-state index in [1.807, 2.05) is 0 Å². The van der Waals surface area contributed by atoms with Gasteiger partial charge in [-0.2, -0.15) is 0 Å². The van der Waals surface area contributed by atoms with Crippen LogP contribution in [-0.2, 0) is 9.59 Å². The molecular weight excluding hydrogens is 528 g/mol. The van der Waals surface area contributed by atoms with Crippen molar-refractivity contribution < 1.29 is 30.0 Å². The Bertz CT molecular complexity index is 576. The molecule has 0 rings (SSSR count). The zero-order chi connectivity index (χ0) is 31.5. The fourth-order valence-electron chi connectivity index (χ4n) is 4.73. The van der Waals surface area contributed by atoms with E-state index in [1.165, 1.54) is 51.4 Å². The molecule has 0 saturated heterocycles. The summed E-state index contributed by atoms with van der Waals surface area (Å²) < 4.78 is 0. The lowest BCUT2D eigenvalue weighted by Crippen LogP contribution is -2.04. The van der Waals surface area contributed by atoms with Gasteiger partial charge < -0.3 is 20.4 Å². The topological polar surface area (TPSA) is 115 Å². The normalized spacial score (nSPS) is 12.9. The zero-order valence-electron chi connectivity index (χ0n) is 27.5. The van der Waals surface area contributed by atoms with E-state index in [0.29, 0.717) is 12.8 Å².